The number of aromatic nitrogens is 1. The standard InChI is InChI=1S/C17H16N2OS/c1-20-13-6-7-15-16(9-13)21-17(19-15)18-10-12-8-11-4-2-3-5-14(11)12/h2-7,9,12H,8,10H2,1H3,(H,18,19). The predicted octanol–water partition coefficient (Wildman–Crippen LogP) is 4.06. The Kier molecular flexibility index (Phi) is 3.04. The number of nitrogens with one attached hydrogen (secondary N) is 1. The van der Waals surface area contributed by atoms with E-state index in [4.69, 9.17) is 4.74 Å². The number of hydrogen-bond acceptors (Lipinski definition) is 4. The molecule has 106 valence electrons. The van der Waals surface area contributed by atoms with Gasteiger partial charge in [0.05, 0.1) is 17.3 Å². The quantitative estimate of drug-likeness (QED) is 0.788. The van der Waals surface area contributed by atoms with E-state index >= 15 is 0 Å². The van der Waals surface area contributed by atoms with Crippen molar-refractivity contribution in [1.29, 1.82) is 0 Å². The van der Waals surface area contributed by atoms with Gasteiger partial charge in [-0.25, -0.2) is 4.98 Å². The third kappa shape index (κ3) is 2.25. The lowest BCUT2D eigenvalue weighted by Gasteiger charge is -2.30. The summed E-state index contributed by atoms with van der Waals surface area (Å²) in [5, 5.41) is 4.47. The maximum absolute atomic E-state index is 5.25. The summed E-state index contributed by atoms with van der Waals surface area (Å²) in [6, 6.07) is 14.7. The molecule has 0 bridgehead atoms. The number of anilines is 1. The highest BCUT2D eigenvalue weighted by Crippen LogP contribution is 2.35. The average molecular weight is 296 g/mol. The van der Waals surface area contributed by atoms with E-state index in [0.717, 1.165) is 27.6 Å². The summed E-state index contributed by atoms with van der Waals surface area (Å²) in [6.45, 7) is 0.952. The molecule has 1 aliphatic carbocycles. The van der Waals surface area contributed by atoms with Gasteiger partial charge in [0.15, 0.2) is 5.13 Å². The molecule has 0 fully saturated rings. The van der Waals surface area contributed by atoms with Crippen molar-refractivity contribution in [3.05, 3.63) is 53.6 Å². The fraction of sp³-hybridized carbons (Fsp3) is 0.235. The third-order valence-corrected chi connectivity index (χ3v) is 5.03. The fourth-order valence-electron chi connectivity index (χ4n) is 2.86. The molecule has 1 aliphatic rings. The van der Waals surface area contributed by atoms with Crippen molar-refractivity contribution in [3.8, 4) is 5.75 Å². The predicted molar refractivity (Wildman–Crippen MR) is 87.5 cm³/mol. The van der Waals surface area contributed by atoms with E-state index < -0.39 is 0 Å². The Bertz CT molecular complexity index is 796. The van der Waals surface area contributed by atoms with Crippen LogP contribution in [0.3, 0.4) is 0 Å². The molecule has 21 heavy (non-hydrogen) atoms. The second-order valence-electron chi connectivity index (χ2n) is 5.33. The van der Waals surface area contributed by atoms with E-state index in [1.54, 1.807) is 18.4 Å². The highest BCUT2D eigenvalue weighted by atomic mass is 32.1. The molecule has 0 aliphatic heterocycles. The van der Waals surface area contributed by atoms with Crippen LogP contribution in [-0.4, -0.2) is 18.6 Å². The molecule has 1 unspecified atom stereocenters. The van der Waals surface area contributed by atoms with Crippen molar-refractivity contribution in [2.45, 2.75) is 12.3 Å². The molecule has 0 spiro atoms. The van der Waals surface area contributed by atoms with E-state index in [1.807, 2.05) is 18.2 Å². The van der Waals surface area contributed by atoms with Gasteiger partial charge in [0, 0.05) is 12.5 Å². The number of benzene rings is 2. The van der Waals surface area contributed by atoms with Crippen molar-refractivity contribution in [3.63, 3.8) is 0 Å². The van der Waals surface area contributed by atoms with Crippen LogP contribution in [0.4, 0.5) is 5.13 Å². The van der Waals surface area contributed by atoms with Gasteiger partial charge in [-0.3, -0.25) is 0 Å². The van der Waals surface area contributed by atoms with Gasteiger partial charge in [0.25, 0.3) is 0 Å². The lowest BCUT2D eigenvalue weighted by molar-refractivity contribution is 0.415. The molecule has 4 heteroatoms. The minimum atomic E-state index is 0.614. The van der Waals surface area contributed by atoms with Crippen molar-refractivity contribution >= 4 is 26.7 Å². The van der Waals surface area contributed by atoms with E-state index in [2.05, 4.69) is 34.6 Å². The molecule has 3 nitrogen and oxygen atoms in total. The molecule has 1 atom stereocenters. The third-order valence-electron chi connectivity index (χ3n) is 4.06. The number of rotatable bonds is 4. The lowest BCUT2D eigenvalue weighted by Crippen LogP contribution is -2.24. The van der Waals surface area contributed by atoms with Crippen molar-refractivity contribution < 1.29 is 4.74 Å². The minimum Gasteiger partial charge on any atom is -0.497 e. The van der Waals surface area contributed by atoms with Gasteiger partial charge < -0.3 is 10.1 Å². The van der Waals surface area contributed by atoms with Crippen LogP contribution in [-0.2, 0) is 6.42 Å². The lowest BCUT2D eigenvalue weighted by atomic mass is 9.78. The molecule has 3 aromatic rings. The second-order valence-corrected chi connectivity index (χ2v) is 6.36. The van der Waals surface area contributed by atoms with Crippen LogP contribution in [0, 0.1) is 0 Å². The Morgan fingerprint density at radius 1 is 1.29 bits per heavy atom. The first kappa shape index (κ1) is 12.7. The van der Waals surface area contributed by atoms with Gasteiger partial charge >= 0.3 is 0 Å². The van der Waals surface area contributed by atoms with E-state index in [0.29, 0.717) is 5.92 Å². The molecular formula is C17H16N2OS. The monoisotopic (exact) mass is 296 g/mol. The van der Waals surface area contributed by atoms with Gasteiger partial charge in [-0.05, 0) is 35.7 Å². The van der Waals surface area contributed by atoms with Crippen molar-refractivity contribution in [2.24, 2.45) is 0 Å². The van der Waals surface area contributed by atoms with Crippen molar-refractivity contribution in [1.82, 2.24) is 4.98 Å². The number of ether oxygens (including phenoxy) is 1. The summed E-state index contributed by atoms with van der Waals surface area (Å²) in [5.41, 5.74) is 3.99. The maximum Gasteiger partial charge on any atom is 0.183 e. The van der Waals surface area contributed by atoms with Gasteiger partial charge in [-0.15, -0.1) is 0 Å². The molecule has 1 heterocycles. The van der Waals surface area contributed by atoms with Crippen LogP contribution in [0.15, 0.2) is 42.5 Å². The summed E-state index contributed by atoms with van der Waals surface area (Å²) in [6.07, 6.45) is 1.17. The Balaban J connectivity index is 1.48. The second kappa shape index (κ2) is 5.04. The SMILES string of the molecule is COc1ccc2nc(NCC3Cc4ccccc43)sc2c1. The molecule has 0 radical (unpaired) electrons. The summed E-state index contributed by atoms with van der Waals surface area (Å²) in [4.78, 5) is 4.63. The number of hydrogen-bond donors (Lipinski definition) is 1. The zero-order valence-corrected chi connectivity index (χ0v) is 12.6. The normalized spacial score (nSPS) is 16.3. The highest BCUT2D eigenvalue weighted by molar-refractivity contribution is 7.22. The first-order valence-electron chi connectivity index (χ1n) is 7.10. The average Bonchev–Trinajstić information content (AvgIpc) is 2.89. The molecule has 0 saturated heterocycles. The van der Waals surface area contributed by atoms with E-state index in [-0.39, 0.29) is 0 Å². The molecule has 4 rings (SSSR count). The van der Waals surface area contributed by atoms with Crippen LogP contribution < -0.4 is 10.1 Å². The Morgan fingerprint density at radius 2 is 2.19 bits per heavy atom. The first-order valence-corrected chi connectivity index (χ1v) is 7.91. The Hall–Kier alpha value is -2.07. The summed E-state index contributed by atoms with van der Waals surface area (Å²) in [7, 11) is 1.69. The Morgan fingerprint density at radius 3 is 3.05 bits per heavy atom. The van der Waals surface area contributed by atoms with Crippen LogP contribution >= 0.6 is 11.3 Å². The maximum atomic E-state index is 5.25. The molecule has 0 amide bonds. The molecule has 1 N–H and O–H groups in total. The van der Waals surface area contributed by atoms with Crippen molar-refractivity contribution in [2.75, 3.05) is 19.0 Å². The Labute approximate surface area is 127 Å². The van der Waals surface area contributed by atoms with Crippen LogP contribution in [0.2, 0.25) is 0 Å². The van der Waals surface area contributed by atoms with E-state index in [1.165, 1.54) is 17.5 Å². The summed E-state index contributed by atoms with van der Waals surface area (Å²) < 4.78 is 6.41. The zero-order chi connectivity index (χ0) is 14.2. The first-order chi connectivity index (χ1) is 10.3. The number of thiazole rings is 1. The van der Waals surface area contributed by atoms with Gasteiger partial charge in [0.1, 0.15) is 5.75 Å². The smallest absolute Gasteiger partial charge is 0.183 e. The van der Waals surface area contributed by atoms with E-state index in [9.17, 15) is 0 Å². The van der Waals surface area contributed by atoms with Crippen LogP contribution in [0.5, 0.6) is 5.75 Å². The van der Waals surface area contributed by atoms with Crippen LogP contribution in [0.1, 0.15) is 17.0 Å². The topological polar surface area (TPSA) is 34.1 Å². The number of nitrogens with zero attached hydrogens (tertiary/aromatic N) is 1. The van der Waals surface area contributed by atoms with Gasteiger partial charge in [-0.1, -0.05) is 35.6 Å². The molecule has 1 aromatic heterocycles. The van der Waals surface area contributed by atoms with Gasteiger partial charge in [-0.2, -0.15) is 0 Å². The molecule has 2 aromatic carbocycles. The zero-order valence-electron chi connectivity index (χ0n) is 11.8. The largest absolute Gasteiger partial charge is 0.497 e. The number of fused-ring (bicyclic) bond motifs is 2. The summed E-state index contributed by atoms with van der Waals surface area (Å²) >= 11 is 1.68. The van der Waals surface area contributed by atoms with Gasteiger partial charge in [0.2, 0.25) is 0 Å². The highest BCUT2D eigenvalue weighted by Gasteiger charge is 2.25. The van der Waals surface area contributed by atoms with Crippen LogP contribution in [0.25, 0.3) is 10.2 Å². The minimum absolute atomic E-state index is 0.614. The molecule has 0 saturated carbocycles. The summed E-state index contributed by atoms with van der Waals surface area (Å²) in [5.74, 6) is 1.49. The fourth-order valence-corrected chi connectivity index (χ4v) is 3.76. The molecular weight excluding hydrogens is 280 g/mol. The number of methoxy groups -OCH3 is 1.